The van der Waals surface area contributed by atoms with E-state index >= 15 is 0 Å². The molecule has 0 aromatic heterocycles. The molecule has 0 fully saturated rings. The van der Waals surface area contributed by atoms with Gasteiger partial charge >= 0.3 is 11.9 Å². The van der Waals surface area contributed by atoms with Gasteiger partial charge in [-0.3, -0.25) is 29.8 Å². The van der Waals surface area contributed by atoms with E-state index in [1.165, 1.54) is 36.4 Å². The van der Waals surface area contributed by atoms with Crippen LogP contribution in [0.3, 0.4) is 0 Å². The molecule has 0 saturated heterocycles. The van der Waals surface area contributed by atoms with Crippen molar-refractivity contribution in [3.8, 4) is 0 Å². The molecule has 0 aliphatic carbocycles. The van der Waals surface area contributed by atoms with Crippen molar-refractivity contribution >= 4 is 35.6 Å². The fourth-order valence-electron chi connectivity index (χ4n) is 3.29. The highest BCUT2D eigenvalue weighted by Crippen LogP contribution is 2.19. The number of amides is 4. The third-order valence-electron chi connectivity index (χ3n) is 4.95. The molecule has 0 unspecified atom stereocenters. The quantitative estimate of drug-likeness (QED) is 0.375. The zero-order valence-corrected chi connectivity index (χ0v) is 16.6. The van der Waals surface area contributed by atoms with Crippen LogP contribution in [0.5, 0.6) is 0 Å². The van der Waals surface area contributed by atoms with Gasteiger partial charge in [0.1, 0.15) is 0 Å². The molecule has 0 saturated carbocycles. The van der Waals surface area contributed by atoms with Crippen molar-refractivity contribution in [2.45, 2.75) is 12.8 Å². The molecule has 0 spiro atoms. The number of imide groups is 2. The van der Waals surface area contributed by atoms with Gasteiger partial charge < -0.3 is 9.47 Å². The average Bonchev–Trinajstić information content (AvgIpc) is 3.24. The summed E-state index contributed by atoms with van der Waals surface area (Å²) in [6, 6.07) is 8.22. The number of hydrogen-bond acceptors (Lipinski definition) is 8. The summed E-state index contributed by atoms with van der Waals surface area (Å²) in [5.74, 6) is -3.40. The summed E-state index contributed by atoms with van der Waals surface area (Å²) in [6.07, 6.45) is 0.841. The summed E-state index contributed by atoms with van der Waals surface area (Å²) in [7, 11) is 0. The number of ether oxygens (including phenoxy) is 2. The van der Waals surface area contributed by atoms with Crippen molar-refractivity contribution in [1.29, 1.82) is 0 Å². The van der Waals surface area contributed by atoms with Crippen LogP contribution in [0.25, 0.3) is 0 Å². The normalized spacial score (nSPS) is 13.9. The highest BCUT2D eigenvalue weighted by atomic mass is 16.5. The van der Waals surface area contributed by atoms with E-state index in [0.717, 1.165) is 0 Å². The minimum atomic E-state index is -0.636. The molecular weight excluding hydrogens is 420 g/mol. The fourth-order valence-corrected chi connectivity index (χ4v) is 3.29. The predicted molar refractivity (Wildman–Crippen MR) is 106 cm³/mol. The van der Waals surface area contributed by atoms with Crippen LogP contribution >= 0.6 is 0 Å². The number of nitrogens with one attached hydrogen (secondary N) is 2. The van der Waals surface area contributed by atoms with Crippen LogP contribution in [0, 0.1) is 0 Å². The number of unbranched alkanes of at least 4 members (excludes halogenated alkanes) is 1. The topological polar surface area (TPSA) is 145 Å². The number of carbonyl (C=O) groups is 6. The first-order valence-corrected chi connectivity index (χ1v) is 9.69. The van der Waals surface area contributed by atoms with Gasteiger partial charge in [-0.25, -0.2) is 9.59 Å². The first-order chi connectivity index (χ1) is 15.3. The Morgan fingerprint density at radius 3 is 1.38 bits per heavy atom. The molecule has 0 atom stereocenters. The second kappa shape index (κ2) is 8.42. The summed E-state index contributed by atoms with van der Waals surface area (Å²) >= 11 is 0. The Morgan fingerprint density at radius 2 is 0.969 bits per heavy atom. The standard InChI is InChI=1S/C22H16N2O8/c25-17-13-5-3-11(9-15(13)19(27)23-17)21(29)31-7-1-2-8-32-22(30)12-4-6-14-16(10-12)20(28)24-18(14)26/h3-6,9-10H,1-2,7-8H2,(H,23,25,27)(H,24,26,28). The van der Waals surface area contributed by atoms with Gasteiger partial charge in [0.25, 0.3) is 23.6 Å². The molecule has 32 heavy (non-hydrogen) atoms. The smallest absolute Gasteiger partial charge is 0.338 e. The Hall–Kier alpha value is -4.34. The molecule has 0 bridgehead atoms. The Balaban J connectivity index is 1.20. The first-order valence-electron chi connectivity index (χ1n) is 9.69. The van der Waals surface area contributed by atoms with Gasteiger partial charge in [-0.05, 0) is 49.2 Å². The maximum atomic E-state index is 12.1. The van der Waals surface area contributed by atoms with Crippen LogP contribution in [0.1, 0.15) is 75.0 Å². The molecule has 162 valence electrons. The zero-order valence-electron chi connectivity index (χ0n) is 16.6. The predicted octanol–water partition coefficient (Wildman–Crippen LogP) is 1.25. The summed E-state index contributed by atoms with van der Waals surface area (Å²) in [5, 5.41) is 4.29. The number of hydrogen-bond donors (Lipinski definition) is 2. The van der Waals surface area contributed by atoms with E-state index in [1.54, 1.807) is 0 Å². The first kappa shape index (κ1) is 20.9. The highest BCUT2D eigenvalue weighted by Gasteiger charge is 2.28. The van der Waals surface area contributed by atoms with Gasteiger partial charge in [-0.15, -0.1) is 0 Å². The number of esters is 2. The summed E-state index contributed by atoms with van der Waals surface area (Å²) < 4.78 is 10.3. The fraction of sp³-hybridized carbons (Fsp3) is 0.182. The Kier molecular flexibility index (Phi) is 5.50. The highest BCUT2D eigenvalue weighted by molar-refractivity contribution is 6.22. The Bertz CT molecular complexity index is 1110. The van der Waals surface area contributed by atoms with Gasteiger partial charge in [0.15, 0.2) is 0 Å². The van der Waals surface area contributed by atoms with Gasteiger partial charge in [0.2, 0.25) is 0 Å². The summed E-state index contributed by atoms with van der Waals surface area (Å²) in [4.78, 5) is 70.6. The molecule has 2 aromatic rings. The van der Waals surface area contributed by atoms with E-state index in [0.29, 0.717) is 12.8 Å². The van der Waals surface area contributed by atoms with Crippen LogP contribution in [-0.4, -0.2) is 48.8 Å². The average molecular weight is 436 g/mol. The third-order valence-corrected chi connectivity index (χ3v) is 4.95. The van der Waals surface area contributed by atoms with Gasteiger partial charge in [0.05, 0.1) is 46.6 Å². The molecular formula is C22H16N2O8. The maximum Gasteiger partial charge on any atom is 0.338 e. The Labute approximate surface area is 180 Å². The minimum Gasteiger partial charge on any atom is -0.462 e. The number of rotatable bonds is 7. The molecule has 10 heteroatoms. The monoisotopic (exact) mass is 436 g/mol. The number of benzene rings is 2. The van der Waals surface area contributed by atoms with E-state index in [9.17, 15) is 28.8 Å². The minimum absolute atomic E-state index is 0.0692. The largest absolute Gasteiger partial charge is 0.462 e. The molecule has 2 heterocycles. The van der Waals surface area contributed by atoms with Crippen LogP contribution in [0.4, 0.5) is 0 Å². The molecule has 2 aromatic carbocycles. The molecule has 10 nitrogen and oxygen atoms in total. The molecule has 2 aliphatic rings. The zero-order chi connectivity index (χ0) is 22.8. The van der Waals surface area contributed by atoms with Gasteiger partial charge in [-0.2, -0.15) is 0 Å². The molecule has 4 rings (SSSR count). The third kappa shape index (κ3) is 3.97. The molecule has 0 radical (unpaired) electrons. The Morgan fingerprint density at radius 1 is 0.594 bits per heavy atom. The number of carbonyl (C=O) groups excluding carboxylic acids is 6. The van der Waals surface area contributed by atoms with Crippen LogP contribution in [-0.2, 0) is 9.47 Å². The maximum absolute atomic E-state index is 12.1. The second-order valence-corrected chi connectivity index (χ2v) is 7.07. The van der Waals surface area contributed by atoms with E-state index in [-0.39, 0.29) is 46.6 Å². The lowest BCUT2D eigenvalue weighted by Crippen LogP contribution is -2.19. The van der Waals surface area contributed by atoms with E-state index in [1.807, 2.05) is 0 Å². The van der Waals surface area contributed by atoms with Crippen molar-refractivity contribution in [2.24, 2.45) is 0 Å². The number of fused-ring (bicyclic) bond motifs is 2. The van der Waals surface area contributed by atoms with Crippen molar-refractivity contribution in [3.63, 3.8) is 0 Å². The van der Waals surface area contributed by atoms with Crippen molar-refractivity contribution in [2.75, 3.05) is 13.2 Å². The van der Waals surface area contributed by atoms with Crippen molar-refractivity contribution in [3.05, 3.63) is 69.8 Å². The lowest BCUT2D eigenvalue weighted by Gasteiger charge is -2.07. The van der Waals surface area contributed by atoms with Crippen LogP contribution in [0.15, 0.2) is 36.4 Å². The van der Waals surface area contributed by atoms with E-state index in [4.69, 9.17) is 9.47 Å². The molecule has 2 N–H and O–H groups in total. The lowest BCUT2D eigenvalue weighted by atomic mass is 10.1. The molecule has 2 aliphatic heterocycles. The SMILES string of the molecule is O=C(OCCCCOC(=O)c1ccc2c(c1)C(=O)NC2=O)c1ccc2c(c1)C(=O)NC2=O. The summed E-state index contributed by atoms with van der Waals surface area (Å²) in [5.41, 5.74) is 0.987. The summed E-state index contributed by atoms with van der Waals surface area (Å²) in [6.45, 7) is 0.138. The molecule has 4 amide bonds. The van der Waals surface area contributed by atoms with Crippen LogP contribution < -0.4 is 10.6 Å². The van der Waals surface area contributed by atoms with Gasteiger partial charge in [0, 0.05) is 0 Å². The van der Waals surface area contributed by atoms with Gasteiger partial charge in [-0.1, -0.05) is 0 Å². The van der Waals surface area contributed by atoms with Crippen molar-refractivity contribution < 1.29 is 38.2 Å². The second-order valence-electron chi connectivity index (χ2n) is 7.07. The lowest BCUT2D eigenvalue weighted by molar-refractivity contribution is 0.0432. The van der Waals surface area contributed by atoms with Crippen LogP contribution in [0.2, 0.25) is 0 Å². The van der Waals surface area contributed by atoms with E-state index < -0.39 is 35.6 Å². The van der Waals surface area contributed by atoms with Crippen molar-refractivity contribution in [1.82, 2.24) is 10.6 Å². The van der Waals surface area contributed by atoms with E-state index in [2.05, 4.69) is 10.6 Å².